The van der Waals surface area contributed by atoms with E-state index in [4.69, 9.17) is 27.9 Å². The highest BCUT2D eigenvalue weighted by Crippen LogP contribution is 2.35. The van der Waals surface area contributed by atoms with Crippen LogP contribution in [0.25, 0.3) is 0 Å². The number of rotatable bonds is 5. The number of carbonyl (C=O) groups is 1. The fourth-order valence-corrected chi connectivity index (χ4v) is 2.92. The first-order chi connectivity index (χ1) is 9.95. The van der Waals surface area contributed by atoms with Gasteiger partial charge in [0.05, 0.1) is 21.8 Å². The van der Waals surface area contributed by atoms with Gasteiger partial charge in [0.2, 0.25) is 5.91 Å². The van der Waals surface area contributed by atoms with E-state index in [1.54, 1.807) is 12.1 Å². The lowest BCUT2D eigenvalue weighted by molar-refractivity contribution is -0.116. The van der Waals surface area contributed by atoms with Crippen molar-refractivity contribution in [1.29, 1.82) is 0 Å². The SMILES string of the molecule is CC(C)Oc1cc(NC(=O)CC2[CH]CCC2)c(Cl)cc1Cl. The molecule has 1 aliphatic carbocycles. The van der Waals surface area contributed by atoms with Crippen LogP contribution >= 0.6 is 23.2 Å². The number of hydrogen-bond donors (Lipinski definition) is 1. The highest BCUT2D eigenvalue weighted by atomic mass is 35.5. The maximum absolute atomic E-state index is 12.1. The third-order valence-electron chi connectivity index (χ3n) is 3.38. The molecule has 0 bridgehead atoms. The molecule has 1 aromatic carbocycles. The minimum absolute atomic E-state index is 0.000292. The van der Waals surface area contributed by atoms with Gasteiger partial charge in [0, 0.05) is 12.5 Å². The van der Waals surface area contributed by atoms with Crippen LogP contribution < -0.4 is 10.1 Å². The minimum Gasteiger partial charge on any atom is -0.489 e. The molecule has 2 rings (SSSR count). The molecule has 0 aliphatic heterocycles. The predicted octanol–water partition coefficient (Wildman–Crippen LogP) is 5.11. The Kier molecular flexibility index (Phi) is 5.77. The normalized spacial score (nSPS) is 15.5. The highest BCUT2D eigenvalue weighted by molar-refractivity contribution is 6.37. The van der Waals surface area contributed by atoms with Gasteiger partial charge in [-0.3, -0.25) is 4.79 Å². The van der Waals surface area contributed by atoms with Gasteiger partial charge in [-0.2, -0.15) is 0 Å². The Hall–Kier alpha value is -0.930. The summed E-state index contributed by atoms with van der Waals surface area (Å²) in [7, 11) is 0. The van der Waals surface area contributed by atoms with Gasteiger partial charge in [-0.05, 0) is 45.1 Å². The van der Waals surface area contributed by atoms with Crippen molar-refractivity contribution in [2.75, 3.05) is 5.32 Å². The van der Waals surface area contributed by atoms with Gasteiger partial charge in [-0.15, -0.1) is 0 Å². The number of carbonyl (C=O) groups excluding carboxylic acids is 1. The molecular formula is C16H20Cl2NO2. The van der Waals surface area contributed by atoms with Gasteiger partial charge < -0.3 is 10.1 Å². The second kappa shape index (κ2) is 7.37. The van der Waals surface area contributed by atoms with Crippen LogP contribution in [0.1, 0.15) is 39.5 Å². The van der Waals surface area contributed by atoms with Crippen LogP contribution in [0.5, 0.6) is 5.75 Å². The summed E-state index contributed by atoms with van der Waals surface area (Å²) in [5.41, 5.74) is 0.541. The molecule has 3 nitrogen and oxygen atoms in total. The Morgan fingerprint density at radius 2 is 2.14 bits per heavy atom. The summed E-state index contributed by atoms with van der Waals surface area (Å²) in [5, 5.41) is 3.71. The van der Waals surface area contributed by atoms with Gasteiger partial charge in [0.25, 0.3) is 0 Å². The summed E-state index contributed by atoms with van der Waals surface area (Å²) in [6.07, 6.45) is 6.08. The maximum atomic E-state index is 12.1. The topological polar surface area (TPSA) is 38.3 Å². The van der Waals surface area contributed by atoms with Crippen LogP contribution in [0.3, 0.4) is 0 Å². The summed E-state index contributed by atoms with van der Waals surface area (Å²) in [5.74, 6) is 0.874. The standard InChI is InChI=1S/C16H20Cl2NO2/c1-10(2)21-15-9-14(12(17)8-13(15)18)19-16(20)7-11-5-3-4-6-11/h5,8-11H,3-4,6-7H2,1-2H3,(H,19,20). The molecule has 1 atom stereocenters. The average Bonchev–Trinajstić information content (AvgIpc) is 2.87. The Morgan fingerprint density at radius 1 is 1.38 bits per heavy atom. The molecular weight excluding hydrogens is 309 g/mol. The van der Waals surface area contributed by atoms with Gasteiger partial charge in [0.1, 0.15) is 5.75 Å². The number of anilines is 1. The van der Waals surface area contributed by atoms with Gasteiger partial charge >= 0.3 is 0 Å². The monoisotopic (exact) mass is 328 g/mol. The molecule has 0 saturated heterocycles. The van der Waals surface area contributed by atoms with Crippen molar-refractivity contribution in [3.8, 4) is 5.75 Å². The summed E-state index contributed by atoms with van der Waals surface area (Å²) in [6.45, 7) is 3.83. The molecule has 0 aromatic heterocycles. The number of halogens is 2. The summed E-state index contributed by atoms with van der Waals surface area (Å²) < 4.78 is 5.61. The van der Waals surface area contributed by atoms with Gasteiger partial charge in [-0.1, -0.05) is 29.6 Å². The Balaban J connectivity index is 2.05. The van der Waals surface area contributed by atoms with E-state index < -0.39 is 0 Å². The van der Waals surface area contributed by atoms with Crippen LogP contribution in [-0.4, -0.2) is 12.0 Å². The van der Waals surface area contributed by atoms with Crippen molar-refractivity contribution < 1.29 is 9.53 Å². The zero-order chi connectivity index (χ0) is 15.4. The first kappa shape index (κ1) is 16.4. The molecule has 1 fully saturated rings. The molecule has 115 valence electrons. The summed E-state index contributed by atoms with van der Waals surface area (Å²) in [4.78, 5) is 12.1. The zero-order valence-electron chi connectivity index (χ0n) is 12.3. The summed E-state index contributed by atoms with van der Waals surface area (Å²) in [6, 6.07) is 3.28. The number of nitrogens with one attached hydrogen (secondary N) is 1. The van der Waals surface area contributed by atoms with E-state index in [0.29, 0.717) is 33.8 Å². The number of amides is 1. The third kappa shape index (κ3) is 4.79. The van der Waals surface area contributed by atoms with E-state index in [1.165, 1.54) is 6.42 Å². The Bertz CT molecular complexity index is 511. The lowest BCUT2D eigenvalue weighted by Gasteiger charge is -2.15. The first-order valence-electron chi connectivity index (χ1n) is 7.24. The first-order valence-corrected chi connectivity index (χ1v) is 8.00. The molecule has 0 spiro atoms. The van der Waals surface area contributed by atoms with E-state index in [0.717, 1.165) is 12.8 Å². The predicted molar refractivity (Wildman–Crippen MR) is 87.1 cm³/mol. The van der Waals surface area contributed by atoms with Crippen LogP contribution in [0.15, 0.2) is 12.1 Å². The molecule has 1 saturated carbocycles. The van der Waals surface area contributed by atoms with Gasteiger partial charge in [0.15, 0.2) is 0 Å². The number of benzene rings is 1. The molecule has 1 radical (unpaired) electrons. The minimum atomic E-state index is -0.0298. The zero-order valence-corrected chi connectivity index (χ0v) is 13.8. The van der Waals surface area contributed by atoms with Crippen LogP contribution in [-0.2, 0) is 4.79 Å². The molecule has 0 heterocycles. The van der Waals surface area contributed by atoms with Crippen molar-refractivity contribution in [2.24, 2.45) is 5.92 Å². The maximum Gasteiger partial charge on any atom is 0.224 e. The Morgan fingerprint density at radius 3 is 2.76 bits per heavy atom. The Labute approximate surface area is 136 Å². The molecule has 1 aliphatic rings. The summed E-state index contributed by atoms with van der Waals surface area (Å²) >= 11 is 12.2. The number of ether oxygens (including phenoxy) is 1. The van der Waals surface area contributed by atoms with Crippen molar-refractivity contribution in [3.05, 3.63) is 28.6 Å². The lowest BCUT2D eigenvalue weighted by Crippen LogP contribution is -2.16. The van der Waals surface area contributed by atoms with Crippen molar-refractivity contribution in [2.45, 2.75) is 45.6 Å². The van der Waals surface area contributed by atoms with Gasteiger partial charge in [-0.25, -0.2) is 0 Å². The fourth-order valence-electron chi connectivity index (χ4n) is 2.45. The van der Waals surface area contributed by atoms with Crippen molar-refractivity contribution in [1.82, 2.24) is 0 Å². The van der Waals surface area contributed by atoms with Crippen molar-refractivity contribution >= 4 is 34.8 Å². The largest absolute Gasteiger partial charge is 0.489 e. The molecule has 5 heteroatoms. The molecule has 21 heavy (non-hydrogen) atoms. The highest BCUT2D eigenvalue weighted by Gasteiger charge is 2.19. The van der Waals surface area contributed by atoms with E-state index in [9.17, 15) is 4.79 Å². The third-order valence-corrected chi connectivity index (χ3v) is 3.99. The van der Waals surface area contributed by atoms with E-state index in [2.05, 4.69) is 11.7 Å². The van der Waals surface area contributed by atoms with Crippen LogP contribution in [0, 0.1) is 12.3 Å². The second-order valence-electron chi connectivity index (χ2n) is 5.61. The molecule has 1 unspecified atom stereocenters. The van der Waals surface area contributed by atoms with Crippen LogP contribution in [0.4, 0.5) is 5.69 Å². The quantitative estimate of drug-likeness (QED) is 0.815. The second-order valence-corrected chi connectivity index (χ2v) is 6.42. The number of hydrogen-bond acceptors (Lipinski definition) is 2. The van der Waals surface area contributed by atoms with E-state index >= 15 is 0 Å². The molecule has 1 amide bonds. The van der Waals surface area contributed by atoms with Crippen molar-refractivity contribution in [3.63, 3.8) is 0 Å². The smallest absolute Gasteiger partial charge is 0.224 e. The lowest BCUT2D eigenvalue weighted by atomic mass is 10.0. The average molecular weight is 329 g/mol. The fraction of sp³-hybridized carbons (Fsp3) is 0.500. The van der Waals surface area contributed by atoms with E-state index in [1.807, 2.05) is 13.8 Å². The van der Waals surface area contributed by atoms with Crippen LogP contribution in [0.2, 0.25) is 10.0 Å². The van der Waals surface area contributed by atoms with E-state index in [-0.39, 0.29) is 12.0 Å². The molecule has 1 N–H and O–H groups in total. The molecule has 1 aromatic rings.